The highest BCUT2D eigenvalue weighted by Crippen LogP contribution is 2.21. The SMILES string of the molecule is CN(C)CCOc1cccc(CCNc2ncnc3ccc(N)cc23)c1. The van der Waals surface area contributed by atoms with Gasteiger partial charge in [0, 0.05) is 24.2 Å². The minimum Gasteiger partial charge on any atom is -0.492 e. The average Bonchev–Trinajstić information content (AvgIpc) is 2.62. The molecule has 0 aliphatic heterocycles. The number of hydrogen-bond acceptors (Lipinski definition) is 6. The lowest BCUT2D eigenvalue weighted by Gasteiger charge is -2.12. The highest BCUT2D eigenvalue weighted by Gasteiger charge is 2.04. The molecule has 0 amide bonds. The Bertz CT molecular complexity index is 866. The smallest absolute Gasteiger partial charge is 0.137 e. The third-order valence-corrected chi connectivity index (χ3v) is 4.07. The Balaban J connectivity index is 1.59. The Hall–Kier alpha value is -2.86. The third kappa shape index (κ3) is 4.83. The minimum absolute atomic E-state index is 0.684. The molecule has 0 radical (unpaired) electrons. The Morgan fingerprint density at radius 2 is 2.00 bits per heavy atom. The summed E-state index contributed by atoms with van der Waals surface area (Å²) in [6.45, 7) is 2.35. The van der Waals surface area contributed by atoms with Crippen LogP contribution in [0.4, 0.5) is 11.5 Å². The number of likely N-dealkylation sites (N-methyl/N-ethyl adjacent to an activating group) is 1. The van der Waals surface area contributed by atoms with Crippen molar-refractivity contribution in [3.8, 4) is 5.75 Å². The number of benzene rings is 2. The van der Waals surface area contributed by atoms with Crippen molar-refractivity contribution in [3.63, 3.8) is 0 Å². The normalized spacial score (nSPS) is 11.0. The standard InChI is InChI=1S/C20H25N5O/c1-25(2)10-11-26-17-5-3-4-15(12-17)8-9-22-20-18-13-16(21)6-7-19(18)23-14-24-20/h3-7,12-14H,8-11,21H2,1-2H3,(H,22,23,24). The molecule has 6 heteroatoms. The Kier molecular flexibility index (Phi) is 5.86. The number of aromatic nitrogens is 2. The second kappa shape index (κ2) is 8.49. The summed E-state index contributed by atoms with van der Waals surface area (Å²) in [6.07, 6.45) is 2.44. The first kappa shape index (κ1) is 17.9. The molecule has 0 unspecified atom stereocenters. The van der Waals surface area contributed by atoms with Gasteiger partial charge in [-0.3, -0.25) is 0 Å². The summed E-state index contributed by atoms with van der Waals surface area (Å²) in [5.41, 5.74) is 8.70. The number of nitrogens with two attached hydrogens (primary N) is 1. The molecule has 2 aromatic carbocycles. The Labute approximate surface area is 154 Å². The summed E-state index contributed by atoms with van der Waals surface area (Å²) in [7, 11) is 4.08. The summed E-state index contributed by atoms with van der Waals surface area (Å²) in [5.74, 6) is 1.71. The van der Waals surface area contributed by atoms with Gasteiger partial charge in [-0.1, -0.05) is 12.1 Å². The summed E-state index contributed by atoms with van der Waals surface area (Å²) < 4.78 is 5.80. The van der Waals surface area contributed by atoms with E-state index in [1.165, 1.54) is 5.56 Å². The van der Waals surface area contributed by atoms with Crippen LogP contribution < -0.4 is 15.8 Å². The Morgan fingerprint density at radius 3 is 2.85 bits per heavy atom. The number of rotatable bonds is 8. The first-order chi connectivity index (χ1) is 12.6. The van der Waals surface area contributed by atoms with E-state index in [2.05, 4.69) is 32.3 Å². The zero-order valence-corrected chi connectivity index (χ0v) is 15.3. The van der Waals surface area contributed by atoms with Crippen molar-refractivity contribution in [2.24, 2.45) is 0 Å². The van der Waals surface area contributed by atoms with Gasteiger partial charge < -0.3 is 20.7 Å². The first-order valence-corrected chi connectivity index (χ1v) is 8.72. The molecule has 0 atom stereocenters. The fourth-order valence-corrected chi connectivity index (χ4v) is 2.68. The van der Waals surface area contributed by atoms with Crippen LogP contribution in [0.15, 0.2) is 48.8 Å². The monoisotopic (exact) mass is 351 g/mol. The lowest BCUT2D eigenvalue weighted by molar-refractivity contribution is 0.261. The van der Waals surface area contributed by atoms with Gasteiger partial charge in [-0.05, 0) is 56.4 Å². The second-order valence-electron chi connectivity index (χ2n) is 6.47. The number of fused-ring (bicyclic) bond motifs is 1. The molecule has 136 valence electrons. The van der Waals surface area contributed by atoms with Gasteiger partial charge in [0.1, 0.15) is 24.5 Å². The first-order valence-electron chi connectivity index (χ1n) is 8.72. The molecule has 0 fully saturated rings. The molecule has 26 heavy (non-hydrogen) atoms. The van der Waals surface area contributed by atoms with E-state index in [1.54, 1.807) is 6.33 Å². The maximum atomic E-state index is 5.89. The van der Waals surface area contributed by atoms with Gasteiger partial charge in [-0.25, -0.2) is 9.97 Å². The van der Waals surface area contributed by atoms with Crippen LogP contribution in [0.5, 0.6) is 5.75 Å². The predicted molar refractivity (Wildman–Crippen MR) is 107 cm³/mol. The second-order valence-corrected chi connectivity index (χ2v) is 6.47. The molecule has 0 spiro atoms. The third-order valence-electron chi connectivity index (χ3n) is 4.07. The van der Waals surface area contributed by atoms with E-state index in [0.29, 0.717) is 12.3 Å². The van der Waals surface area contributed by atoms with E-state index >= 15 is 0 Å². The van der Waals surface area contributed by atoms with Gasteiger partial charge in [0.15, 0.2) is 0 Å². The van der Waals surface area contributed by atoms with Gasteiger partial charge in [0.25, 0.3) is 0 Å². The van der Waals surface area contributed by atoms with Crippen LogP contribution in [0.25, 0.3) is 10.9 Å². The van der Waals surface area contributed by atoms with Gasteiger partial charge >= 0.3 is 0 Å². The number of anilines is 2. The molecule has 6 nitrogen and oxygen atoms in total. The van der Waals surface area contributed by atoms with Crippen molar-refractivity contribution in [1.29, 1.82) is 0 Å². The lowest BCUT2D eigenvalue weighted by Crippen LogP contribution is -2.19. The van der Waals surface area contributed by atoms with Crippen LogP contribution in [0.1, 0.15) is 5.56 Å². The van der Waals surface area contributed by atoms with Crippen LogP contribution in [-0.2, 0) is 6.42 Å². The van der Waals surface area contributed by atoms with Crippen molar-refractivity contribution < 1.29 is 4.74 Å². The number of hydrogen-bond donors (Lipinski definition) is 2. The summed E-state index contributed by atoms with van der Waals surface area (Å²) in [5, 5.41) is 4.32. The van der Waals surface area contributed by atoms with Crippen LogP contribution in [0.2, 0.25) is 0 Å². The van der Waals surface area contributed by atoms with Gasteiger partial charge in [0.2, 0.25) is 0 Å². The number of ether oxygens (including phenoxy) is 1. The average molecular weight is 351 g/mol. The van der Waals surface area contributed by atoms with E-state index in [1.807, 2.05) is 44.4 Å². The number of nitrogens with one attached hydrogen (secondary N) is 1. The van der Waals surface area contributed by atoms with Crippen LogP contribution in [0.3, 0.4) is 0 Å². The van der Waals surface area contributed by atoms with E-state index in [4.69, 9.17) is 10.5 Å². The number of nitrogen functional groups attached to an aromatic ring is 1. The quantitative estimate of drug-likeness (QED) is 0.608. The molecule has 0 bridgehead atoms. The topological polar surface area (TPSA) is 76.3 Å². The largest absolute Gasteiger partial charge is 0.492 e. The molecule has 3 N–H and O–H groups in total. The summed E-state index contributed by atoms with van der Waals surface area (Å²) >= 11 is 0. The van der Waals surface area contributed by atoms with Crippen molar-refractivity contribution in [3.05, 3.63) is 54.4 Å². The van der Waals surface area contributed by atoms with Crippen LogP contribution in [0, 0.1) is 0 Å². The fraction of sp³-hybridized carbons (Fsp3) is 0.300. The van der Waals surface area contributed by atoms with Crippen LogP contribution >= 0.6 is 0 Å². The summed E-state index contributed by atoms with van der Waals surface area (Å²) in [4.78, 5) is 10.7. The maximum Gasteiger partial charge on any atom is 0.137 e. The van der Waals surface area contributed by atoms with Crippen molar-refractivity contribution in [1.82, 2.24) is 14.9 Å². The van der Waals surface area contributed by atoms with E-state index < -0.39 is 0 Å². The molecule has 0 saturated carbocycles. The van der Waals surface area contributed by atoms with Gasteiger partial charge in [-0.15, -0.1) is 0 Å². The molecule has 0 aliphatic rings. The van der Waals surface area contributed by atoms with E-state index in [9.17, 15) is 0 Å². The summed E-state index contributed by atoms with van der Waals surface area (Å²) in [6, 6.07) is 13.9. The van der Waals surface area contributed by atoms with Gasteiger partial charge in [0.05, 0.1) is 5.52 Å². The zero-order valence-electron chi connectivity index (χ0n) is 15.3. The molecular weight excluding hydrogens is 326 g/mol. The van der Waals surface area contributed by atoms with Crippen LogP contribution in [-0.4, -0.2) is 48.7 Å². The zero-order chi connectivity index (χ0) is 18.4. The molecule has 0 saturated heterocycles. The number of nitrogens with zero attached hydrogens (tertiary/aromatic N) is 3. The predicted octanol–water partition coefficient (Wildman–Crippen LogP) is 2.81. The highest BCUT2D eigenvalue weighted by atomic mass is 16.5. The highest BCUT2D eigenvalue weighted by molar-refractivity contribution is 5.91. The maximum absolute atomic E-state index is 5.89. The van der Waals surface area contributed by atoms with E-state index in [-0.39, 0.29) is 0 Å². The van der Waals surface area contributed by atoms with Crippen molar-refractivity contribution in [2.45, 2.75) is 6.42 Å². The molecule has 1 heterocycles. The van der Waals surface area contributed by atoms with Crippen molar-refractivity contribution in [2.75, 3.05) is 44.8 Å². The van der Waals surface area contributed by atoms with Gasteiger partial charge in [-0.2, -0.15) is 0 Å². The fourth-order valence-electron chi connectivity index (χ4n) is 2.68. The van der Waals surface area contributed by atoms with Crippen molar-refractivity contribution >= 4 is 22.4 Å². The lowest BCUT2D eigenvalue weighted by atomic mass is 10.1. The molecule has 3 rings (SSSR count). The minimum atomic E-state index is 0.684. The molecule has 3 aromatic rings. The molecular formula is C20H25N5O. The molecule has 0 aliphatic carbocycles. The molecule has 1 aromatic heterocycles. The Morgan fingerprint density at radius 1 is 1.12 bits per heavy atom. The van der Waals surface area contributed by atoms with E-state index in [0.717, 1.165) is 42.0 Å².